The summed E-state index contributed by atoms with van der Waals surface area (Å²) in [7, 11) is 0. The average molecular weight is 234 g/mol. The molecule has 0 spiro atoms. The van der Waals surface area contributed by atoms with Crippen LogP contribution in [0.3, 0.4) is 0 Å². The monoisotopic (exact) mass is 234 g/mol. The van der Waals surface area contributed by atoms with Crippen LogP contribution in [0.5, 0.6) is 5.75 Å². The standard InChI is InChI=1S/C13H18N2O2/c1-13(2,3)11-10(12(14)16)9(6-7-15-11)17-8-4-5-8/h6-8H,4-5H2,1-3H3,(H2,14,16). The van der Waals surface area contributed by atoms with Crippen LogP contribution >= 0.6 is 0 Å². The fourth-order valence-electron chi connectivity index (χ4n) is 1.71. The number of primary amides is 1. The van der Waals surface area contributed by atoms with Gasteiger partial charge in [0.15, 0.2) is 0 Å². The number of carbonyl (C=O) groups is 1. The molecule has 1 heterocycles. The Morgan fingerprint density at radius 3 is 2.59 bits per heavy atom. The molecule has 1 aromatic rings. The molecule has 1 aliphatic carbocycles. The van der Waals surface area contributed by atoms with Gasteiger partial charge in [0, 0.05) is 11.6 Å². The highest BCUT2D eigenvalue weighted by Gasteiger charge is 2.29. The van der Waals surface area contributed by atoms with E-state index in [0.717, 1.165) is 12.8 Å². The molecule has 1 aliphatic rings. The molecule has 4 heteroatoms. The lowest BCUT2D eigenvalue weighted by Gasteiger charge is -2.22. The summed E-state index contributed by atoms with van der Waals surface area (Å²) in [6, 6.07) is 1.72. The number of ether oxygens (including phenoxy) is 1. The number of hydrogen-bond acceptors (Lipinski definition) is 3. The molecule has 1 fully saturated rings. The number of amides is 1. The summed E-state index contributed by atoms with van der Waals surface area (Å²) >= 11 is 0. The summed E-state index contributed by atoms with van der Waals surface area (Å²) < 4.78 is 5.71. The van der Waals surface area contributed by atoms with Crippen molar-refractivity contribution < 1.29 is 9.53 Å². The normalized spacial score (nSPS) is 15.7. The van der Waals surface area contributed by atoms with Crippen LogP contribution in [-0.2, 0) is 5.41 Å². The second kappa shape index (κ2) is 4.02. The maximum atomic E-state index is 11.6. The lowest BCUT2D eigenvalue weighted by molar-refractivity contribution is 0.0993. The summed E-state index contributed by atoms with van der Waals surface area (Å²) in [6.45, 7) is 6.01. The molecule has 1 aromatic heterocycles. The van der Waals surface area contributed by atoms with Crippen LogP contribution in [0, 0.1) is 0 Å². The third-order valence-electron chi connectivity index (χ3n) is 2.69. The number of hydrogen-bond donors (Lipinski definition) is 1. The number of rotatable bonds is 3. The van der Waals surface area contributed by atoms with Gasteiger partial charge in [-0.1, -0.05) is 20.8 Å². The van der Waals surface area contributed by atoms with E-state index in [1.807, 2.05) is 20.8 Å². The summed E-state index contributed by atoms with van der Waals surface area (Å²) in [6.07, 6.45) is 4.00. The topological polar surface area (TPSA) is 65.2 Å². The molecule has 0 radical (unpaired) electrons. The first-order chi connectivity index (χ1) is 7.89. The van der Waals surface area contributed by atoms with Crippen molar-refractivity contribution in [3.63, 3.8) is 0 Å². The van der Waals surface area contributed by atoms with E-state index in [0.29, 0.717) is 17.0 Å². The van der Waals surface area contributed by atoms with E-state index in [4.69, 9.17) is 10.5 Å². The van der Waals surface area contributed by atoms with Gasteiger partial charge in [0.25, 0.3) is 5.91 Å². The fourth-order valence-corrected chi connectivity index (χ4v) is 1.71. The summed E-state index contributed by atoms with van der Waals surface area (Å²) in [4.78, 5) is 15.9. The van der Waals surface area contributed by atoms with Crippen LogP contribution < -0.4 is 10.5 Å². The highest BCUT2D eigenvalue weighted by molar-refractivity contribution is 5.97. The molecule has 4 nitrogen and oxygen atoms in total. The maximum Gasteiger partial charge on any atom is 0.254 e. The van der Waals surface area contributed by atoms with Crippen molar-refractivity contribution in [3.05, 3.63) is 23.5 Å². The van der Waals surface area contributed by atoms with Crippen molar-refractivity contribution in [1.29, 1.82) is 0 Å². The number of carbonyl (C=O) groups excluding carboxylic acids is 1. The lowest BCUT2D eigenvalue weighted by Crippen LogP contribution is -2.24. The molecule has 17 heavy (non-hydrogen) atoms. The van der Waals surface area contributed by atoms with Crippen molar-refractivity contribution in [2.75, 3.05) is 0 Å². The highest BCUT2D eigenvalue weighted by atomic mass is 16.5. The van der Waals surface area contributed by atoms with E-state index in [1.54, 1.807) is 12.3 Å². The van der Waals surface area contributed by atoms with E-state index < -0.39 is 5.91 Å². The molecule has 0 aromatic carbocycles. The number of pyridine rings is 1. The molecule has 1 amide bonds. The van der Waals surface area contributed by atoms with Crippen molar-refractivity contribution in [2.24, 2.45) is 5.73 Å². The van der Waals surface area contributed by atoms with Crippen LogP contribution in [0.25, 0.3) is 0 Å². The molecule has 0 bridgehead atoms. The SMILES string of the molecule is CC(C)(C)c1nccc(OC2CC2)c1C(N)=O. The van der Waals surface area contributed by atoms with Gasteiger partial charge in [-0.2, -0.15) is 0 Å². The molecule has 0 saturated heterocycles. The Bertz CT molecular complexity index is 445. The Balaban J connectivity index is 2.47. The zero-order valence-electron chi connectivity index (χ0n) is 10.5. The Morgan fingerprint density at radius 1 is 1.47 bits per heavy atom. The van der Waals surface area contributed by atoms with Crippen molar-refractivity contribution in [1.82, 2.24) is 4.98 Å². The quantitative estimate of drug-likeness (QED) is 0.870. The first-order valence-corrected chi connectivity index (χ1v) is 5.85. The third kappa shape index (κ3) is 2.57. The second-order valence-electron chi connectivity index (χ2n) is 5.46. The summed E-state index contributed by atoms with van der Waals surface area (Å²) in [5.74, 6) is 0.0959. The lowest BCUT2D eigenvalue weighted by atomic mass is 9.88. The smallest absolute Gasteiger partial charge is 0.254 e. The predicted molar refractivity (Wildman–Crippen MR) is 65.1 cm³/mol. The third-order valence-corrected chi connectivity index (χ3v) is 2.69. The van der Waals surface area contributed by atoms with Gasteiger partial charge in [-0.15, -0.1) is 0 Å². The predicted octanol–water partition coefficient (Wildman–Crippen LogP) is 2.02. The van der Waals surface area contributed by atoms with Gasteiger partial charge in [-0.05, 0) is 18.9 Å². The van der Waals surface area contributed by atoms with E-state index in [9.17, 15) is 4.79 Å². The number of nitrogens with two attached hydrogens (primary N) is 1. The zero-order chi connectivity index (χ0) is 12.6. The molecule has 0 atom stereocenters. The highest BCUT2D eigenvalue weighted by Crippen LogP contribution is 2.33. The largest absolute Gasteiger partial charge is 0.489 e. The van der Waals surface area contributed by atoms with Gasteiger partial charge < -0.3 is 10.5 Å². The van der Waals surface area contributed by atoms with Crippen molar-refractivity contribution >= 4 is 5.91 Å². The van der Waals surface area contributed by atoms with Gasteiger partial charge in [-0.25, -0.2) is 0 Å². The van der Waals surface area contributed by atoms with Crippen LogP contribution in [0.4, 0.5) is 0 Å². The number of nitrogens with zero attached hydrogens (tertiary/aromatic N) is 1. The zero-order valence-corrected chi connectivity index (χ0v) is 10.5. The first kappa shape index (κ1) is 11.9. The maximum absolute atomic E-state index is 11.6. The van der Waals surface area contributed by atoms with Crippen LogP contribution in [0.15, 0.2) is 12.3 Å². The van der Waals surface area contributed by atoms with Crippen LogP contribution in [-0.4, -0.2) is 17.0 Å². The molecule has 0 aliphatic heterocycles. The second-order valence-corrected chi connectivity index (χ2v) is 5.46. The molecular formula is C13H18N2O2. The van der Waals surface area contributed by atoms with Gasteiger partial charge in [0.05, 0.1) is 11.8 Å². The summed E-state index contributed by atoms with van der Waals surface area (Å²) in [5.41, 5.74) is 6.34. The minimum absolute atomic E-state index is 0.229. The molecule has 92 valence electrons. The molecule has 2 rings (SSSR count). The molecular weight excluding hydrogens is 216 g/mol. The Kier molecular flexibility index (Phi) is 2.81. The van der Waals surface area contributed by atoms with E-state index in [1.165, 1.54) is 0 Å². The van der Waals surface area contributed by atoms with E-state index >= 15 is 0 Å². The number of aromatic nitrogens is 1. The minimum atomic E-state index is -0.473. The fraction of sp³-hybridized carbons (Fsp3) is 0.538. The molecule has 0 unspecified atom stereocenters. The molecule has 2 N–H and O–H groups in total. The van der Waals surface area contributed by atoms with Crippen molar-refractivity contribution in [3.8, 4) is 5.75 Å². The van der Waals surface area contributed by atoms with E-state index in [2.05, 4.69) is 4.98 Å². The Morgan fingerprint density at radius 2 is 2.12 bits per heavy atom. The average Bonchev–Trinajstić information content (AvgIpc) is 2.99. The van der Waals surface area contributed by atoms with Crippen molar-refractivity contribution in [2.45, 2.75) is 45.1 Å². The Hall–Kier alpha value is -1.58. The summed E-state index contributed by atoms with van der Waals surface area (Å²) in [5, 5.41) is 0. The van der Waals surface area contributed by atoms with E-state index in [-0.39, 0.29) is 11.5 Å². The van der Waals surface area contributed by atoms with Gasteiger partial charge in [0.1, 0.15) is 11.3 Å². The van der Waals surface area contributed by atoms with Gasteiger partial charge >= 0.3 is 0 Å². The van der Waals surface area contributed by atoms with Crippen LogP contribution in [0.2, 0.25) is 0 Å². The Labute approximate surface area is 101 Å². The van der Waals surface area contributed by atoms with Gasteiger partial charge in [0.2, 0.25) is 0 Å². The minimum Gasteiger partial charge on any atom is -0.489 e. The van der Waals surface area contributed by atoms with Crippen LogP contribution in [0.1, 0.15) is 49.7 Å². The molecule has 1 saturated carbocycles. The van der Waals surface area contributed by atoms with Gasteiger partial charge in [-0.3, -0.25) is 9.78 Å². The first-order valence-electron chi connectivity index (χ1n) is 5.85.